The van der Waals surface area contributed by atoms with Crippen molar-refractivity contribution in [3.05, 3.63) is 61.1 Å². The highest BCUT2D eigenvalue weighted by Crippen LogP contribution is 2.29. The summed E-state index contributed by atoms with van der Waals surface area (Å²) in [5, 5.41) is 7.71. The highest BCUT2D eigenvalue weighted by Gasteiger charge is 2.24. The third-order valence-electron chi connectivity index (χ3n) is 5.28. The van der Waals surface area contributed by atoms with Crippen molar-refractivity contribution in [2.45, 2.75) is 50.6 Å². The number of nitrogens with one attached hydrogen (secondary N) is 1. The van der Waals surface area contributed by atoms with E-state index in [0.29, 0.717) is 12.5 Å². The molecule has 0 saturated heterocycles. The first kappa shape index (κ1) is 18.3. The number of hydrogen-bond donors (Lipinski definition) is 1. The Hall–Kier alpha value is -3.09. The molecule has 0 bridgehead atoms. The van der Waals surface area contributed by atoms with E-state index in [-0.39, 0.29) is 11.9 Å². The number of hydrogen-bond acceptors (Lipinski definition) is 5. The maximum Gasteiger partial charge on any atom is 0.220 e. The van der Waals surface area contributed by atoms with Gasteiger partial charge < -0.3 is 5.32 Å². The molecule has 144 valence electrons. The van der Waals surface area contributed by atoms with Gasteiger partial charge in [-0.05, 0) is 49.8 Å². The molecule has 0 radical (unpaired) electrons. The van der Waals surface area contributed by atoms with E-state index >= 15 is 0 Å². The lowest BCUT2D eigenvalue weighted by Crippen LogP contribution is -2.38. The minimum Gasteiger partial charge on any atom is -0.353 e. The van der Waals surface area contributed by atoms with Crippen molar-refractivity contribution in [1.29, 1.82) is 0 Å². The first-order valence-corrected chi connectivity index (χ1v) is 9.77. The van der Waals surface area contributed by atoms with Crippen molar-refractivity contribution in [3.63, 3.8) is 0 Å². The molecule has 0 spiro atoms. The molecule has 0 unspecified atom stereocenters. The van der Waals surface area contributed by atoms with Gasteiger partial charge in [-0.2, -0.15) is 5.10 Å². The van der Waals surface area contributed by atoms with E-state index in [9.17, 15) is 4.79 Å². The average molecular weight is 376 g/mol. The smallest absolute Gasteiger partial charge is 0.220 e. The summed E-state index contributed by atoms with van der Waals surface area (Å²) < 4.78 is 2.04. The van der Waals surface area contributed by atoms with Crippen LogP contribution in [0.15, 0.2) is 55.5 Å². The SMILES string of the molecule is O=C(CCc1cccnc1)NC1CCC(n2cc(-c3ccncn3)cn2)CC1. The van der Waals surface area contributed by atoms with E-state index in [0.717, 1.165) is 48.9 Å². The monoisotopic (exact) mass is 376 g/mol. The maximum absolute atomic E-state index is 12.2. The molecule has 7 heteroatoms. The first-order valence-electron chi connectivity index (χ1n) is 9.77. The summed E-state index contributed by atoms with van der Waals surface area (Å²) in [7, 11) is 0. The van der Waals surface area contributed by atoms with Crippen LogP contribution in [-0.2, 0) is 11.2 Å². The fourth-order valence-electron chi connectivity index (χ4n) is 3.72. The van der Waals surface area contributed by atoms with Crippen LogP contribution in [-0.4, -0.2) is 36.7 Å². The molecule has 0 aromatic carbocycles. The Morgan fingerprint density at radius 3 is 2.75 bits per heavy atom. The number of aryl methyl sites for hydroxylation is 1. The molecule has 1 aliphatic carbocycles. The molecule has 1 aliphatic rings. The van der Waals surface area contributed by atoms with Gasteiger partial charge in [0.15, 0.2) is 0 Å². The number of rotatable bonds is 6. The van der Waals surface area contributed by atoms with Crippen molar-refractivity contribution in [2.24, 2.45) is 0 Å². The summed E-state index contributed by atoms with van der Waals surface area (Å²) in [4.78, 5) is 24.6. The molecule has 0 aliphatic heterocycles. The number of carbonyl (C=O) groups is 1. The normalized spacial score (nSPS) is 19.3. The Kier molecular flexibility index (Phi) is 5.70. The summed E-state index contributed by atoms with van der Waals surface area (Å²) in [6, 6.07) is 6.43. The molecule has 4 rings (SSSR count). The molecule has 28 heavy (non-hydrogen) atoms. The molecule has 0 atom stereocenters. The van der Waals surface area contributed by atoms with Crippen LogP contribution in [0.2, 0.25) is 0 Å². The topological polar surface area (TPSA) is 85.6 Å². The second-order valence-electron chi connectivity index (χ2n) is 7.24. The van der Waals surface area contributed by atoms with Gasteiger partial charge in [-0.25, -0.2) is 9.97 Å². The molecule has 7 nitrogen and oxygen atoms in total. The van der Waals surface area contributed by atoms with Crippen LogP contribution in [0.25, 0.3) is 11.3 Å². The third-order valence-corrected chi connectivity index (χ3v) is 5.28. The van der Waals surface area contributed by atoms with E-state index in [1.165, 1.54) is 0 Å². The van der Waals surface area contributed by atoms with Gasteiger partial charge in [0.25, 0.3) is 0 Å². The zero-order valence-electron chi connectivity index (χ0n) is 15.7. The third kappa shape index (κ3) is 4.60. The molecule has 3 aromatic heterocycles. The van der Waals surface area contributed by atoms with Gasteiger partial charge in [0.1, 0.15) is 6.33 Å². The predicted molar refractivity (Wildman–Crippen MR) is 105 cm³/mol. The molecular formula is C21H24N6O. The fourth-order valence-corrected chi connectivity index (χ4v) is 3.72. The highest BCUT2D eigenvalue weighted by atomic mass is 16.1. The number of carbonyl (C=O) groups excluding carboxylic acids is 1. The Balaban J connectivity index is 1.24. The Labute approximate surface area is 164 Å². The van der Waals surface area contributed by atoms with Gasteiger partial charge >= 0.3 is 0 Å². The van der Waals surface area contributed by atoms with Crippen molar-refractivity contribution in [3.8, 4) is 11.3 Å². The van der Waals surface area contributed by atoms with Gasteiger partial charge in [-0.3, -0.25) is 14.5 Å². The summed E-state index contributed by atoms with van der Waals surface area (Å²) >= 11 is 0. The van der Waals surface area contributed by atoms with E-state index in [1.54, 1.807) is 18.7 Å². The summed E-state index contributed by atoms with van der Waals surface area (Å²) in [6.45, 7) is 0. The van der Waals surface area contributed by atoms with E-state index in [2.05, 4.69) is 31.6 Å². The van der Waals surface area contributed by atoms with Gasteiger partial charge in [-0.15, -0.1) is 0 Å². The van der Waals surface area contributed by atoms with E-state index in [1.807, 2.05) is 35.3 Å². The number of aromatic nitrogens is 5. The number of amides is 1. The summed E-state index contributed by atoms with van der Waals surface area (Å²) in [5.74, 6) is 0.123. The van der Waals surface area contributed by atoms with Crippen LogP contribution in [0.3, 0.4) is 0 Å². The number of pyridine rings is 1. The summed E-state index contributed by atoms with van der Waals surface area (Å²) in [6.07, 6.45) is 16.0. The van der Waals surface area contributed by atoms with Gasteiger partial charge in [0, 0.05) is 42.8 Å². The van der Waals surface area contributed by atoms with E-state index in [4.69, 9.17) is 0 Å². The zero-order valence-corrected chi connectivity index (χ0v) is 15.7. The van der Waals surface area contributed by atoms with Gasteiger partial charge in [0.05, 0.1) is 17.9 Å². The van der Waals surface area contributed by atoms with Crippen molar-refractivity contribution in [1.82, 2.24) is 30.0 Å². The molecule has 1 saturated carbocycles. The molecule has 1 amide bonds. The Morgan fingerprint density at radius 2 is 2.00 bits per heavy atom. The summed E-state index contributed by atoms with van der Waals surface area (Å²) in [5.41, 5.74) is 2.99. The maximum atomic E-state index is 12.2. The fraction of sp³-hybridized carbons (Fsp3) is 0.381. The largest absolute Gasteiger partial charge is 0.353 e. The van der Waals surface area contributed by atoms with Crippen LogP contribution in [0.5, 0.6) is 0 Å². The van der Waals surface area contributed by atoms with Crippen LogP contribution < -0.4 is 5.32 Å². The first-order chi connectivity index (χ1) is 13.8. The molecule has 3 aromatic rings. The Bertz CT molecular complexity index is 888. The molecule has 1 fully saturated rings. The molecule has 1 N–H and O–H groups in total. The van der Waals surface area contributed by atoms with Crippen LogP contribution >= 0.6 is 0 Å². The van der Waals surface area contributed by atoms with Crippen LogP contribution in [0.4, 0.5) is 0 Å². The second kappa shape index (κ2) is 8.73. The van der Waals surface area contributed by atoms with E-state index < -0.39 is 0 Å². The minimum atomic E-state index is 0.123. The van der Waals surface area contributed by atoms with Crippen molar-refractivity contribution < 1.29 is 4.79 Å². The predicted octanol–water partition coefficient (Wildman–Crippen LogP) is 2.97. The molecule has 3 heterocycles. The van der Waals surface area contributed by atoms with Gasteiger partial charge in [-0.1, -0.05) is 6.07 Å². The van der Waals surface area contributed by atoms with Crippen LogP contribution in [0, 0.1) is 0 Å². The quantitative estimate of drug-likeness (QED) is 0.715. The Morgan fingerprint density at radius 1 is 1.11 bits per heavy atom. The number of nitrogens with zero attached hydrogens (tertiary/aromatic N) is 5. The standard InChI is InChI=1S/C21H24N6O/c28-21(8-3-16-2-1-10-22-12-16)26-18-4-6-19(7-5-18)27-14-17(13-25-27)20-9-11-23-15-24-20/h1-2,9-15,18-19H,3-8H2,(H,26,28). The van der Waals surface area contributed by atoms with Crippen LogP contribution in [0.1, 0.15) is 43.7 Å². The van der Waals surface area contributed by atoms with Crippen molar-refractivity contribution >= 4 is 5.91 Å². The molecular weight excluding hydrogens is 352 g/mol. The van der Waals surface area contributed by atoms with Gasteiger partial charge in [0.2, 0.25) is 5.91 Å². The minimum absolute atomic E-state index is 0.123. The lowest BCUT2D eigenvalue weighted by molar-refractivity contribution is -0.122. The van der Waals surface area contributed by atoms with Crippen molar-refractivity contribution in [2.75, 3.05) is 0 Å². The second-order valence-corrected chi connectivity index (χ2v) is 7.24. The zero-order chi connectivity index (χ0) is 19.2. The highest BCUT2D eigenvalue weighted by molar-refractivity contribution is 5.76. The lowest BCUT2D eigenvalue weighted by Gasteiger charge is -2.29. The lowest BCUT2D eigenvalue weighted by atomic mass is 9.91. The average Bonchev–Trinajstić information content (AvgIpc) is 3.25.